The van der Waals surface area contributed by atoms with Gasteiger partial charge in [-0.25, -0.2) is 23.3 Å². The number of benzene rings is 3. The number of nitrogens with one attached hydrogen (secondary N) is 1. The van der Waals surface area contributed by atoms with E-state index >= 15 is 0 Å². The monoisotopic (exact) mass is 678 g/mol. The molecular weight excluding hydrogens is 653 g/mol. The minimum Gasteiger partial charge on any atom is -0.462 e. The fourth-order valence-electron chi connectivity index (χ4n) is 5.56. The molecule has 12 nitrogen and oxygen atoms in total. The van der Waals surface area contributed by atoms with Gasteiger partial charge in [0.1, 0.15) is 11.8 Å². The molecule has 0 bridgehead atoms. The third kappa shape index (κ3) is 5.77. The second-order valence-electron chi connectivity index (χ2n) is 10.5. The Balaban J connectivity index is 1.32. The van der Waals surface area contributed by atoms with Crippen LogP contribution in [0, 0.1) is 5.92 Å². The van der Waals surface area contributed by atoms with Crippen molar-refractivity contribution in [2.24, 2.45) is 11.1 Å². The second kappa shape index (κ2) is 12.3. The second-order valence-corrected chi connectivity index (χ2v) is 14.2. The number of ether oxygens (including phenoxy) is 1. The predicted octanol–water partition coefficient (Wildman–Crippen LogP) is 3.17. The number of anilines is 2. The Morgan fingerprint density at radius 1 is 0.935 bits per heavy atom. The van der Waals surface area contributed by atoms with Crippen molar-refractivity contribution >= 4 is 68.2 Å². The first-order chi connectivity index (χ1) is 22.0. The Bertz CT molecular complexity index is 2020. The summed E-state index contributed by atoms with van der Waals surface area (Å²) in [7, 11) is -3.91. The SMILES string of the molecule is CCOC(=O)c1ccc(N2C(=O)C3Sc4c(sc(=O)n4CC(=O)Nc4ccc(S(N)(=O)=O)cc4)[C@H](c4ccccc4)C3C2=O)cc1. The molecule has 3 heterocycles. The van der Waals surface area contributed by atoms with Crippen LogP contribution in [0.4, 0.5) is 11.4 Å². The maximum absolute atomic E-state index is 14.0. The number of thiazole rings is 1. The number of carbonyl (C=O) groups is 4. The number of carbonyl (C=O) groups excluding carboxylic acids is 4. The highest BCUT2D eigenvalue weighted by Gasteiger charge is 2.56. The summed E-state index contributed by atoms with van der Waals surface area (Å²) >= 11 is 2.00. The van der Waals surface area contributed by atoms with Gasteiger partial charge in [0.25, 0.3) is 0 Å². The fourth-order valence-corrected chi connectivity index (χ4v) is 8.85. The molecule has 4 aromatic rings. The zero-order valence-corrected chi connectivity index (χ0v) is 26.6. The molecule has 2 aliphatic heterocycles. The largest absolute Gasteiger partial charge is 0.462 e. The number of hydrogen-bond acceptors (Lipinski definition) is 10. The average molecular weight is 679 g/mol. The molecule has 0 saturated carbocycles. The molecule has 1 fully saturated rings. The van der Waals surface area contributed by atoms with E-state index < -0.39 is 55.7 Å². The lowest BCUT2D eigenvalue weighted by Crippen LogP contribution is -2.33. The molecule has 3 N–H and O–H groups in total. The Morgan fingerprint density at radius 3 is 2.24 bits per heavy atom. The molecule has 2 aliphatic rings. The number of thioether (sulfide) groups is 1. The number of primary sulfonamides is 1. The number of fused-ring (bicyclic) bond motifs is 2. The summed E-state index contributed by atoms with van der Waals surface area (Å²) in [4.78, 5) is 67.6. The van der Waals surface area contributed by atoms with Crippen LogP contribution in [0.3, 0.4) is 0 Å². The van der Waals surface area contributed by atoms with Crippen LogP contribution < -0.4 is 20.2 Å². The van der Waals surface area contributed by atoms with E-state index in [1.165, 1.54) is 53.1 Å². The third-order valence-corrected chi connectivity index (χ3v) is 11.1. The number of nitrogens with zero attached hydrogens (tertiary/aromatic N) is 2. The first-order valence-electron chi connectivity index (χ1n) is 14.0. The van der Waals surface area contributed by atoms with Gasteiger partial charge in [0.15, 0.2) is 0 Å². The van der Waals surface area contributed by atoms with Gasteiger partial charge in [-0.15, -0.1) is 0 Å². The molecule has 46 heavy (non-hydrogen) atoms. The summed E-state index contributed by atoms with van der Waals surface area (Å²) in [6.45, 7) is 1.52. The highest BCUT2D eigenvalue weighted by Crippen LogP contribution is 2.53. The average Bonchev–Trinajstić information content (AvgIpc) is 3.47. The summed E-state index contributed by atoms with van der Waals surface area (Å²) in [6, 6.07) is 20.4. The number of nitrogens with two attached hydrogens (primary N) is 1. The number of sulfonamides is 1. The summed E-state index contributed by atoms with van der Waals surface area (Å²) in [6.07, 6.45) is 0. The van der Waals surface area contributed by atoms with Crippen molar-refractivity contribution in [3.8, 4) is 0 Å². The third-order valence-electron chi connectivity index (χ3n) is 7.61. The first-order valence-corrected chi connectivity index (χ1v) is 17.2. The van der Waals surface area contributed by atoms with E-state index in [1.54, 1.807) is 6.92 Å². The van der Waals surface area contributed by atoms with Crippen LogP contribution in [0.2, 0.25) is 0 Å². The van der Waals surface area contributed by atoms with Gasteiger partial charge >= 0.3 is 10.8 Å². The Hall–Kier alpha value is -4.57. The van der Waals surface area contributed by atoms with Gasteiger partial charge in [0, 0.05) is 16.5 Å². The molecule has 236 valence electrons. The smallest absolute Gasteiger partial charge is 0.338 e. The lowest BCUT2D eigenvalue weighted by molar-refractivity contribution is -0.122. The van der Waals surface area contributed by atoms with Crippen molar-refractivity contribution in [1.82, 2.24) is 4.57 Å². The molecule has 6 rings (SSSR count). The molecule has 3 atom stereocenters. The molecule has 3 aromatic carbocycles. The van der Waals surface area contributed by atoms with Crippen LogP contribution in [0.1, 0.15) is 33.6 Å². The highest BCUT2D eigenvalue weighted by molar-refractivity contribution is 8.00. The van der Waals surface area contributed by atoms with Gasteiger partial charge in [-0.1, -0.05) is 53.4 Å². The predicted molar refractivity (Wildman–Crippen MR) is 171 cm³/mol. The van der Waals surface area contributed by atoms with E-state index in [0.717, 1.165) is 33.6 Å². The molecular formula is C31H26N4O8S3. The van der Waals surface area contributed by atoms with Gasteiger partial charge in [0.05, 0.1) is 33.7 Å². The minimum atomic E-state index is -3.91. The molecule has 3 amide bonds. The zero-order valence-electron chi connectivity index (χ0n) is 24.1. The van der Waals surface area contributed by atoms with Gasteiger partial charge in [-0.3, -0.25) is 23.7 Å². The summed E-state index contributed by atoms with van der Waals surface area (Å²) in [5, 5.41) is 7.32. The minimum absolute atomic E-state index is 0.119. The van der Waals surface area contributed by atoms with Crippen LogP contribution >= 0.6 is 23.1 Å². The molecule has 1 saturated heterocycles. The van der Waals surface area contributed by atoms with Crippen molar-refractivity contribution in [2.75, 3.05) is 16.8 Å². The molecule has 0 aliphatic carbocycles. The Labute approximate surface area is 271 Å². The number of hydrogen-bond donors (Lipinski definition) is 2. The summed E-state index contributed by atoms with van der Waals surface area (Å²) in [5.74, 6) is -3.43. The lowest BCUT2D eigenvalue weighted by Gasteiger charge is -2.30. The number of rotatable bonds is 8. The van der Waals surface area contributed by atoms with Crippen molar-refractivity contribution < 1.29 is 32.3 Å². The van der Waals surface area contributed by atoms with Gasteiger partial charge in [-0.05, 0) is 61.0 Å². The number of esters is 1. The van der Waals surface area contributed by atoms with E-state index in [1.807, 2.05) is 30.3 Å². The highest BCUT2D eigenvalue weighted by atomic mass is 32.2. The standard InChI is InChI=1S/C31H26N4O8S3/c1-2-43-30(39)18-8-12-20(13-9-18)35-27(37)24-23(17-6-4-3-5-7-17)26-29(44-25(24)28(35)38)34(31(40)45-26)16-22(36)33-19-10-14-21(15-11-19)46(32,41)42/h3-15,23-25H,2,16H2,1H3,(H,33,36)(H2,32,41,42)/t23-,24?,25?/m1/s1. The van der Waals surface area contributed by atoms with Crippen LogP contribution in [0.25, 0.3) is 0 Å². The van der Waals surface area contributed by atoms with Crippen LogP contribution in [0.15, 0.2) is 93.6 Å². The topological polar surface area (TPSA) is 175 Å². The number of imide groups is 1. The van der Waals surface area contributed by atoms with E-state index in [9.17, 15) is 32.4 Å². The fraction of sp³-hybridized carbons (Fsp3) is 0.194. The van der Waals surface area contributed by atoms with E-state index in [4.69, 9.17) is 9.88 Å². The van der Waals surface area contributed by atoms with E-state index in [0.29, 0.717) is 21.3 Å². The number of amides is 3. The van der Waals surface area contributed by atoms with Crippen LogP contribution in [-0.4, -0.2) is 48.5 Å². The van der Waals surface area contributed by atoms with Crippen molar-refractivity contribution in [2.45, 2.75) is 34.6 Å². The van der Waals surface area contributed by atoms with Crippen molar-refractivity contribution in [1.29, 1.82) is 0 Å². The van der Waals surface area contributed by atoms with Gasteiger partial charge in [-0.2, -0.15) is 0 Å². The molecule has 1 aromatic heterocycles. The summed E-state index contributed by atoms with van der Waals surface area (Å²) in [5.41, 5.74) is 1.63. The maximum atomic E-state index is 14.0. The van der Waals surface area contributed by atoms with Crippen LogP contribution in [-0.2, 0) is 35.7 Å². The summed E-state index contributed by atoms with van der Waals surface area (Å²) < 4.78 is 29.4. The quantitative estimate of drug-likeness (QED) is 0.210. The molecule has 15 heteroatoms. The Morgan fingerprint density at radius 2 is 1.61 bits per heavy atom. The molecule has 0 radical (unpaired) electrons. The lowest BCUT2D eigenvalue weighted by atomic mass is 9.83. The van der Waals surface area contributed by atoms with E-state index in [2.05, 4.69) is 5.32 Å². The maximum Gasteiger partial charge on any atom is 0.338 e. The van der Waals surface area contributed by atoms with Crippen LogP contribution in [0.5, 0.6) is 0 Å². The Kier molecular flexibility index (Phi) is 8.41. The van der Waals surface area contributed by atoms with Gasteiger partial charge < -0.3 is 10.1 Å². The van der Waals surface area contributed by atoms with Crippen molar-refractivity contribution in [3.05, 3.63) is 105 Å². The zero-order chi connectivity index (χ0) is 32.7. The number of aromatic nitrogens is 1. The molecule has 2 unspecified atom stereocenters. The van der Waals surface area contributed by atoms with Gasteiger partial charge in [0.2, 0.25) is 27.7 Å². The van der Waals surface area contributed by atoms with E-state index in [-0.39, 0.29) is 23.6 Å². The van der Waals surface area contributed by atoms with Crippen molar-refractivity contribution in [3.63, 3.8) is 0 Å². The first kappa shape index (κ1) is 31.4. The normalized spacial score (nSPS) is 19.0. The molecule has 0 spiro atoms.